The van der Waals surface area contributed by atoms with Crippen LogP contribution in [-0.4, -0.2) is 11.7 Å². The zero-order valence-corrected chi connectivity index (χ0v) is 7.50. The highest BCUT2D eigenvalue weighted by atomic mass is 16.5. The first kappa shape index (κ1) is 9.07. The van der Waals surface area contributed by atoms with E-state index in [-0.39, 0.29) is 0 Å². The molecule has 0 saturated heterocycles. The van der Waals surface area contributed by atoms with Gasteiger partial charge in [-0.25, -0.2) is 0 Å². The Balaban J connectivity index is 2.78. The zero-order chi connectivity index (χ0) is 8.97. The van der Waals surface area contributed by atoms with Crippen LogP contribution < -0.4 is 0 Å². The maximum Gasteiger partial charge on any atom is 0.123 e. The van der Waals surface area contributed by atoms with Gasteiger partial charge < -0.3 is 9.84 Å². The Bertz CT molecular complexity index is 256. The summed E-state index contributed by atoms with van der Waals surface area (Å²) in [6.07, 6.45) is 0. The Morgan fingerprint density at radius 3 is 2.83 bits per heavy atom. The monoisotopic (exact) mass is 166 g/mol. The van der Waals surface area contributed by atoms with Crippen LogP contribution in [0.25, 0.3) is 0 Å². The van der Waals surface area contributed by atoms with Crippen LogP contribution in [0.3, 0.4) is 0 Å². The van der Waals surface area contributed by atoms with Crippen molar-refractivity contribution in [1.82, 2.24) is 0 Å². The van der Waals surface area contributed by atoms with E-state index in [1.54, 1.807) is 0 Å². The number of benzene rings is 1. The molecular weight excluding hydrogens is 152 g/mol. The molecule has 0 radical (unpaired) electrons. The van der Waals surface area contributed by atoms with E-state index in [2.05, 4.69) is 0 Å². The normalized spacial score (nSPS) is 10.2. The summed E-state index contributed by atoms with van der Waals surface area (Å²) >= 11 is 0. The lowest BCUT2D eigenvalue weighted by molar-refractivity contribution is 0.132. The van der Waals surface area contributed by atoms with Gasteiger partial charge in [-0.05, 0) is 19.4 Å². The fraction of sp³-hybridized carbons (Fsp3) is 0.400. The molecule has 0 saturated carbocycles. The minimum Gasteiger partial charge on any atom is -0.507 e. The van der Waals surface area contributed by atoms with Crippen molar-refractivity contribution in [3.8, 4) is 5.75 Å². The van der Waals surface area contributed by atoms with Crippen LogP contribution in [0.5, 0.6) is 5.75 Å². The van der Waals surface area contributed by atoms with Gasteiger partial charge in [-0.15, -0.1) is 0 Å². The van der Waals surface area contributed by atoms with Gasteiger partial charge in [0.2, 0.25) is 0 Å². The Hall–Kier alpha value is -1.02. The molecule has 0 spiro atoms. The molecule has 12 heavy (non-hydrogen) atoms. The third-order valence-electron chi connectivity index (χ3n) is 1.78. The van der Waals surface area contributed by atoms with Crippen molar-refractivity contribution in [1.29, 1.82) is 0 Å². The van der Waals surface area contributed by atoms with Gasteiger partial charge in [-0.1, -0.05) is 18.2 Å². The molecule has 1 rings (SSSR count). The average molecular weight is 166 g/mol. The lowest BCUT2D eigenvalue weighted by Crippen LogP contribution is -1.92. The van der Waals surface area contributed by atoms with Crippen LogP contribution in [0.4, 0.5) is 0 Å². The van der Waals surface area contributed by atoms with Crippen molar-refractivity contribution in [2.45, 2.75) is 20.5 Å². The molecule has 0 aromatic heterocycles. The highest BCUT2D eigenvalue weighted by Gasteiger charge is 2.01. The molecule has 2 nitrogen and oxygen atoms in total. The van der Waals surface area contributed by atoms with Crippen molar-refractivity contribution in [3.63, 3.8) is 0 Å². The van der Waals surface area contributed by atoms with Crippen LogP contribution in [0.1, 0.15) is 18.1 Å². The third-order valence-corrected chi connectivity index (χ3v) is 1.78. The molecule has 0 bridgehead atoms. The van der Waals surface area contributed by atoms with E-state index < -0.39 is 0 Å². The fourth-order valence-corrected chi connectivity index (χ4v) is 1.05. The highest BCUT2D eigenvalue weighted by Crippen LogP contribution is 2.21. The van der Waals surface area contributed by atoms with Crippen molar-refractivity contribution in [2.24, 2.45) is 0 Å². The van der Waals surface area contributed by atoms with Crippen LogP contribution in [0, 0.1) is 6.92 Å². The largest absolute Gasteiger partial charge is 0.507 e. The second-order valence-corrected chi connectivity index (χ2v) is 2.72. The van der Waals surface area contributed by atoms with Crippen LogP contribution in [0.2, 0.25) is 0 Å². The van der Waals surface area contributed by atoms with Gasteiger partial charge in [0.05, 0.1) is 6.61 Å². The predicted octanol–water partition coefficient (Wildman–Crippen LogP) is 2.24. The first-order chi connectivity index (χ1) is 5.75. The summed E-state index contributed by atoms with van der Waals surface area (Å²) in [4.78, 5) is 0. The standard InChI is InChI=1S/C10H14O2/c1-3-12-7-9-6-4-5-8(2)10(9)11/h4-6,11H,3,7H2,1-2H3. The van der Waals surface area contributed by atoms with Gasteiger partial charge >= 0.3 is 0 Å². The Labute approximate surface area is 72.8 Å². The average Bonchev–Trinajstić information content (AvgIpc) is 2.08. The summed E-state index contributed by atoms with van der Waals surface area (Å²) in [5.74, 6) is 0.353. The smallest absolute Gasteiger partial charge is 0.123 e. The van der Waals surface area contributed by atoms with Gasteiger partial charge in [0.1, 0.15) is 5.75 Å². The first-order valence-electron chi connectivity index (χ1n) is 4.11. The minimum atomic E-state index is 0.353. The van der Waals surface area contributed by atoms with E-state index in [4.69, 9.17) is 4.74 Å². The Kier molecular flexibility index (Phi) is 3.11. The van der Waals surface area contributed by atoms with Gasteiger partial charge in [0, 0.05) is 12.2 Å². The van der Waals surface area contributed by atoms with Crippen LogP contribution >= 0.6 is 0 Å². The molecule has 0 heterocycles. The number of ether oxygens (including phenoxy) is 1. The van der Waals surface area contributed by atoms with Crippen molar-refractivity contribution in [2.75, 3.05) is 6.61 Å². The Morgan fingerprint density at radius 1 is 1.42 bits per heavy atom. The van der Waals surface area contributed by atoms with E-state index >= 15 is 0 Å². The number of hydrogen-bond donors (Lipinski definition) is 1. The molecule has 66 valence electrons. The SMILES string of the molecule is CCOCc1cccc(C)c1O. The molecule has 1 aromatic carbocycles. The number of aromatic hydroxyl groups is 1. The predicted molar refractivity (Wildman–Crippen MR) is 48.2 cm³/mol. The van der Waals surface area contributed by atoms with E-state index in [9.17, 15) is 5.11 Å². The quantitative estimate of drug-likeness (QED) is 0.746. The fourth-order valence-electron chi connectivity index (χ4n) is 1.05. The van der Waals surface area contributed by atoms with E-state index in [0.717, 1.165) is 11.1 Å². The number of rotatable bonds is 3. The summed E-state index contributed by atoms with van der Waals surface area (Å²) in [5.41, 5.74) is 1.75. The number of para-hydroxylation sites is 1. The molecule has 0 aliphatic heterocycles. The van der Waals surface area contributed by atoms with E-state index in [1.165, 1.54) is 0 Å². The maximum atomic E-state index is 9.54. The molecule has 0 aliphatic rings. The van der Waals surface area contributed by atoms with Gasteiger partial charge in [0.15, 0.2) is 0 Å². The number of phenols is 1. The summed E-state index contributed by atoms with van der Waals surface area (Å²) < 4.78 is 5.20. The van der Waals surface area contributed by atoms with Crippen molar-refractivity contribution in [3.05, 3.63) is 29.3 Å². The van der Waals surface area contributed by atoms with Gasteiger partial charge in [0.25, 0.3) is 0 Å². The number of hydrogen-bond acceptors (Lipinski definition) is 2. The van der Waals surface area contributed by atoms with E-state index in [0.29, 0.717) is 19.0 Å². The molecule has 1 N–H and O–H groups in total. The van der Waals surface area contributed by atoms with Gasteiger partial charge in [-0.3, -0.25) is 0 Å². The van der Waals surface area contributed by atoms with Crippen LogP contribution in [0.15, 0.2) is 18.2 Å². The number of phenolic OH excluding ortho intramolecular Hbond substituents is 1. The molecule has 1 aromatic rings. The summed E-state index contributed by atoms with van der Waals surface area (Å²) in [6, 6.07) is 5.67. The topological polar surface area (TPSA) is 29.5 Å². The summed E-state index contributed by atoms with van der Waals surface area (Å²) in [7, 11) is 0. The van der Waals surface area contributed by atoms with Crippen LogP contribution in [-0.2, 0) is 11.3 Å². The second kappa shape index (κ2) is 4.12. The molecule has 0 amide bonds. The molecule has 0 aliphatic carbocycles. The molecule has 0 fully saturated rings. The lowest BCUT2D eigenvalue weighted by atomic mass is 10.1. The highest BCUT2D eigenvalue weighted by molar-refractivity contribution is 5.38. The Morgan fingerprint density at radius 2 is 2.17 bits per heavy atom. The lowest BCUT2D eigenvalue weighted by Gasteiger charge is -2.06. The summed E-state index contributed by atoms with van der Waals surface area (Å²) in [5, 5.41) is 9.54. The molecule has 0 unspecified atom stereocenters. The zero-order valence-electron chi connectivity index (χ0n) is 7.50. The minimum absolute atomic E-state index is 0.353. The number of aryl methyl sites for hydroxylation is 1. The van der Waals surface area contributed by atoms with Crippen molar-refractivity contribution < 1.29 is 9.84 Å². The summed E-state index contributed by atoms with van der Waals surface area (Å²) in [6.45, 7) is 4.98. The maximum absolute atomic E-state index is 9.54. The van der Waals surface area contributed by atoms with Crippen molar-refractivity contribution >= 4 is 0 Å². The van der Waals surface area contributed by atoms with Gasteiger partial charge in [-0.2, -0.15) is 0 Å². The molecular formula is C10H14O2. The van der Waals surface area contributed by atoms with E-state index in [1.807, 2.05) is 32.0 Å². The first-order valence-corrected chi connectivity index (χ1v) is 4.11. The third kappa shape index (κ3) is 1.98. The molecule has 0 atom stereocenters. The second-order valence-electron chi connectivity index (χ2n) is 2.72. The molecule has 2 heteroatoms.